The van der Waals surface area contributed by atoms with E-state index in [1.165, 1.54) is 17.6 Å². The molecule has 0 aromatic carbocycles. The van der Waals surface area contributed by atoms with E-state index in [4.69, 9.17) is 9.84 Å². The molecular weight excluding hydrogens is 412 g/mol. The second-order valence-electron chi connectivity index (χ2n) is 7.25. The number of hydrogen-bond acceptors (Lipinski definition) is 8. The molecule has 4 heterocycles. The van der Waals surface area contributed by atoms with Crippen LogP contribution < -0.4 is 10.1 Å². The van der Waals surface area contributed by atoms with Crippen molar-refractivity contribution in [2.45, 2.75) is 19.8 Å². The lowest BCUT2D eigenvalue weighted by Crippen LogP contribution is -2.39. The number of piperidine rings is 1. The standard InChI is InChI=1S/C18H24N6O3S2/c1-12-16(14-8-15(27-2)11-19-10-14)24-18(21-12)28-17(22-24)20-9-13-4-6-23(7-5-13)29(3,25)26/h8,10-11,13H,4-7,9H2,1-3H3,(H,20,22). The highest BCUT2D eigenvalue weighted by Gasteiger charge is 2.25. The third-order valence-electron chi connectivity index (χ3n) is 5.18. The maximum Gasteiger partial charge on any atom is 0.214 e. The lowest BCUT2D eigenvalue weighted by Gasteiger charge is -2.30. The lowest BCUT2D eigenvalue weighted by molar-refractivity contribution is 0.283. The van der Waals surface area contributed by atoms with Gasteiger partial charge < -0.3 is 10.1 Å². The topological polar surface area (TPSA) is 102 Å². The Morgan fingerprint density at radius 1 is 1.31 bits per heavy atom. The van der Waals surface area contributed by atoms with Crippen molar-refractivity contribution < 1.29 is 13.2 Å². The van der Waals surface area contributed by atoms with Gasteiger partial charge >= 0.3 is 0 Å². The number of imidazole rings is 1. The molecule has 0 atom stereocenters. The monoisotopic (exact) mass is 436 g/mol. The molecule has 0 unspecified atom stereocenters. The first-order valence-electron chi connectivity index (χ1n) is 9.39. The first-order chi connectivity index (χ1) is 13.8. The Hall–Kier alpha value is -2.24. The smallest absolute Gasteiger partial charge is 0.214 e. The summed E-state index contributed by atoms with van der Waals surface area (Å²) in [5.74, 6) is 1.11. The molecule has 1 aliphatic rings. The van der Waals surface area contributed by atoms with Crippen LogP contribution >= 0.6 is 11.3 Å². The first-order valence-corrected chi connectivity index (χ1v) is 12.1. The maximum absolute atomic E-state index is 11.6. The zero-order chi connectivity index (χ0) is 20.6. The van der Waals surface area contributed by atoms with Crippen LogP contribution in [0.15, 0.2) is 18.5 Å². The molecule has 0 radical (unpaired) electrons. The Morgan fingerprint density at radius 2 is 2.07 bits per heavy atom. The molecule has 3 aromatic heterocycles. The fourth-order valence-electron chi connectivity index (χ4n) is 3.59. The minimum Gasteiger partial charge on any atom is -0.495 e. The lowest BCUT2D eigenvalue weighted by atomic mass is 9.98. The molecule has 1 aliphatic heterocycles. The van der Waals surface area contributed by atoms with E-state index in [1.54, 1.807) is 23.8 Å². The highest BCUT2D eigenvalue weighted by molar-refractivity contribution is 7.88. The SMILES string of the molecule is COc1cncc(-c2c(C)nc3sc(NCC4CCN(S(C)(=O)=O)CC4)nn23)c1. The number of aryl methyl sites for hydroxylation is 1. The van der Waals surface area contributed by atoms with Crippen LogP contribution in [0.4, 0.5) is 5.13 Å². The van der Waals surface area contributed by atoms with E-state index < -0.39 is 10.0 Å². The van der Waals surface area contributed by atoms with E-state index >= 15 is 0 Å². The molecule has 11 heteroatoms. The van der Waals surface area contributed by atoms with E-state index in [-0.39, 0.29) is 0 Å². The van der Waals surface area contributed by atoms with Gasteiger partial charge in [0.25, 0.3) is 0 Å². The van der Waals surface area contributed by atoms with Crippen molar-refractivity contribution in [1.29, 1.82) is 0 Å². The second kappa shape index (κ2) is 7.88. The first kappa shape index (κ1) is 20.0. The quantitative estimate of drug-likeness (QED) is 0.632. The average molecular weight is 437 g/mol. The van der Waals surface area contributed by atoms with E-state index in [1.807, 2.05) is 17.5 Å². The Morgan fingerprint density at radius 3 is 2.76 bits per heavy atom. The highest BCUT2D eigenvalue weighted by atomic mass is 32.2. The second-order valence-corrected chi connectivity index (χ2v) is 10.2. The molecule has 1 saturated heterocycles. The summed E-state index contributed by atoms with van der Waals surface area (Å²) in [5, 5.41) is 8.89. The Labute approximate surface area is 173 Å². The van der Waals surface area contributed by atoms with Gasteiger partial charge in [0.05, 0.1) is 31.0 Å². The third-order valence-corrected chi connectivity index (χ3v) is 7.35. The molecule has 0 amide bonds. The molecule has 29 heavy (non-hydrogen) atoms. The van der Waals surface area contributed by atoms with Gasteiger partial charge in [-0.25, -0.2) is 22.2 Å². The number of nitrogens with zero attached hydrogens (tertiary/aromatic N) is 5. The van der Waals surface area contributed by atoms with Crippen LogP contribution in [0.25, 0.3) is 16.2 Å². The summed E-state index contributed by atoms with van der Waals surface area (Å²) in [5.41, 5.74) is 2.69. The summed E-state index contributed by atoms with van der Waals surface area (Å²) in [6.07, 6.45) is 6.42. The van der Waals surface area contributed by atoms with Crippen LogP contribution in [0, 0.1) is 12.8 Å². The summed E-state index contributed by atoms with van der Waals surface area (Å²) >= 11 is 1.50. The number of methoxy groups -OCH3 is 1. The van der Waals surface area contributed by atoms with Gasteiger partial charge in [-0.05, 0) is 31.7 Å². The molecule has 0 bridgehead atoms. The number of fused-ring (bicyclic) bond motifs is 1. The van der Waals surface area contributed by atoms with Crippen molar-refractivity contribution in [3.8, 4) is 17.0 Å². The van der Waals surface area contributed by atoms with Gasteiger partial charge in [0.15, 0.2) is 0 Å². The van der Waals surface area contributed by atoms with Gasteiger partial charge in [-0.3, -0.25) is 4.98 Å². The Bertz CT molecular complexity index is 1120. The van der Waals surface area contributed by atoms with Crippen LogP contribution in [-0.4, -0.2) is 65.3 Å². The van der Waals surface area contributed by atoms with Gasteiger partial charge in [0.2, 0.25) is 20.1 Å². The molecule has 1 fully saturated rings. The number of nitrogens with one attached hydrogen (secondary N) is 1. The predicted octanol–water partition coefficient (Wildman–Crippen LogP) is 2.25. The van der Waals surface area contributed by atoms with Gasteiger partial charge in [0.1, 0.15) is 5.75 Å². The minimum absolute atomic E-state index is 0.424. The van der Waals surface area contributed by atoms with Crippen molar-refractivity contribution in [3.63, 3.8) is 0 Å². The fourth-order valence-corrected chi connectivity index (χ4v) is 5.31. The van der Waals surface area contributed by atoms with Crippen LogP contribution in [0.2, 0.25) is 0 Å². The van der Waals surface area contributed by atoms with Gasteiger partial charge in [0, 0.05) is 31.4 Å². The number of pyridine rings is 1. The number of ether oxygens (including phenoxy) is 1. The molecule has 1 N–H and O–H groups in total. The number of anilines is 1. The molecule has 4 rings (SSSR count). The van der Waals surface area contributed by atoms with E-state index in [9.17, 15) is 8.42 Å². The minimum atomic E-state index is -3.09. The fraction of sp³-hybridized carbons (Fsp3) is 0.500. The zero-order valence-electron chi connectivity index (χ0n) is 16.6. The molecule has 0 aliphatic carbocycles. The van der Waals surface area contributed by atoms with E-state index in [0.29, 0.717) is 24.8 Å². The summed E-state index contributed by atoms with van der Waals surface area (Å²) in [7, 11) is -1.47. The predicted molar refractivity (Wildman–Crippen MR) is 113 cm³/mol. The number of aromatic nitrogens is 4. The van der Waals surface area contributed by atoms with Gasteiger partial charge in [-0.2, -0.15) is 0 Å². The average Bonchev–Trinajstić information content (AvgIpc) is 3.22. The molecule has 9 nitrogen and oxygen atoms in total. The van der Waals surface area contributed by atoms with Crippen molar-refractivity contribution in [3.05, 3.63) is 24.2 Å². The number of rotatable bonds is 6. The van der Waals surface area contributed by atoms with E-state index in [0.717, 1.165) is 46.4 Å². The Kier molecular flexibility index (Phi) is 5.45. The normalized spacial score (nSPS) is 16.4. The summed E-state index contributed by atoms with van der Waals surface area (Å²) in [6, 6.07) is 1.92. The van der Waals surface area contributed by atoms with Gasteiger partial charge in [-0.1, -0.05) is 11.3 Å². The molecule has 0 saturated carbocycles. The van der Waals surface area contributed by atoms with E-state index in [2.05, 4.69) is 15.3 Å². The molecule has 3 aromatic rings. The van der Waals surface area contributed by atoms with Crippen LogP contribution in [0.1, 0.15) is 18.5 Å². The van der Waals surface area contributed by atoms with Crippen LogP contribution in [-0.2, 0) is 10.0 Å². The van der Waals surface area contributed by atoms with Crippen molar-refractivity contribution in [2.75, 3.05) is 38.3 Å². The van der Waals surface area contributed by atoms with Crippen LogP contribution in [0.5, 0.6) is 5.75 Å². The Balaban J connectivity index is 1.47. The van der Waals surface area contributed by atoms with Crippen molar-refractivity contribution in [2.24, 2.45) is 5.92 Å². The van der Waals surface area contributed by atoms with Crippen molar-refractivity contribution in [1.82, 2.24) is 23.9 Å². The third kappa shape index (κ3) is 4.21. The largest absolute Gasteiger partial charge is 0.495 e. The highest BCUT2D eigenvalue weighted by Crippen LogP contribution is 2.30. The van der Waals surface area contributed by atoms with Crippen LogP contribution in [0.3, 0.4) is 0 Å². The molecular formula is C18H24N6O3S2. The summed E-state index contributed by atoms with van der Waals surface area (Å²) in [6.45, 7) is 3.89. The summed E-state index contributed by atoms with van der Waals surface area (Å²) in [4.78, 5) is 9.68. The number of hydrogen-bond donors (Lipinski definition) is 1. The van der Waals surface area contributed by atoms with Crippen molar-refractivity contribution >= 4 is 31.5 Å². The maximum atomic E-state index is 11.6. The zero-order valence-corrected chi connectivity index (χ0v) is 18.3. The summed E-state index contributed by atoms with van der Waals surface area (Å²) < 4.78 is 32.0. The number of sulfonamides is 1. The molecule has 0 spiro atoms. The van der Waals surface area contributed by atoms with Gasteiger partial charge in [-0.15, -0.1) is 5.10 Å². The molecule has 156 valence electrons.